The SMILES string of the molecule is O=C1CC(c2ccc(-c3nc(N4CCNCC4)n[nH]3)cc2)CN1. The lowest BCUT2D eigenvalue weighted by molar-refractivity contribution is -0.119. The Kier molecular flexibility index (Phi) is 3.70. The Morgan fingerprint density at radius 3 is 2.61 bits per heavy atom. The Morgan fingerprint density at radius 1 is 1.13 bits per heavy atom. The van der Waals surface area contributed by atoms with Crippen molar-refractivity contribution in [1.29, 1.82) is 0 Å². The number of rotatable bonds is 3. The van der Waals surface area contributed by atoms with Gasteiger partial charge in [0.15, 0.2) is 5.82 Å². The summed E-state index contributed by atoms with van der Waals surface area (Å²) in [6.45, 7) is 4.52. The minimum atomic E-state index is 0.134. The number of H-pyrrole nitrogens is 1. The van der Waals surface area contributed by atoms with Gasteiger partial charge in [-0.1, -0.05) is 24.3 Å². The summed E-state index contributed by atoms with van der Waals surface area (Å²) in [5, 5.41) is 13.6. The number of piperazine rings is 1. The van der Waals surface area contributed by atoms with Crippen LogP contribution in [0.25, 0.3) is 11.4 Å². The fraction of sp³-hybridized carbons (Fsp3) is 0.438. The molecular weight excluding hydrogens is 292 g/mol. The predicted octanol–water partition coefficient (Wildman–Crippen LogP) is 0.485. The molecule has 0 saturated carbocycles. The van der Waals surface area contributed by atoms with Gasteiger partial charge in [0.25, 0.3) is 0 Å². The lowest BCUT2D eigenvalue weighted by atomic mass is 9.97. The van der Waals surface area contributed by atoms with E-state index in [0.717, 1.165) is 50.1 Å². The zero-order valence-electron chi connectivity index (χ0n) is 12.9. The third-order valence-corrected chi connectivity index (χ3v) is 4.51. The normalized spacial score (nSPS) is 21.5. The molecule has 1 unspecified atom stereocenters. The van der Waals surface area contributed by atoms with Gasteiger partial charge in [0, 0.05) is 50.6 Å². The molecule has 3 N–H and O–H groups in total. The molecule has 120 valence electrons. The number of amides is 1. The van der Waals surface area contributed by atoms with Crippen LogP contribution in [0, 0.1) is 0 Å². The van der Waals surface area contributed by atoms with E-state index < -0.39 is 0 Å². The molecule has 1 aromatic heterocycles. The van der Waals surface area contributed by atoms with Gasteiger partial charge < -0.3 is 15.5 Å². The summed E-state index contributed by atoms with van der Waals surface area (Å²) in [7, 11) is 0. The Hall–Kier alpha value is -2.41. The van der Waals surface area contributed by atoms with Crippen molar-refractivity contribution in [2.75, 3.05) is 37.6 Å². The lowest BCUT2D eigenvalue weighted by Crippen LogP contribution is -2.44. The molecule has 23 heavy (non-hydrogen) atoms. The van der Waals surface area contributed by atoms with E-state index in [-0.39, 0.29) is 11.8 Å². The highest BCUT2D eigenvalue weighted by Crippen LogP contribution is 2.25. The standard InChI is InChI=1S/C16H20N6O/c23-14-9-13(10-18-14)11-1-3-12(4-2-11)15-19-16(21-20-15)22-7-5-17-6-8-22/h1-4,13,17H,5-10H2,(H,18,23)(H,19,20,21). The average molecular weight is 312 g/mol. The molecule has 1 aromatic carbocycles. The summed E-state index contributed by atoms with van der Waals surface area (Å²) < 4.78 is 0. The number of hydrogen-bond acceptors (Lipinski definition) is 5. The van der Waals surface area contributed by atoms with Crippen LogP contribution in [0.5, 0.6) is 0 Å². The monoisotopic (exact) mass is 312 g/mol. The number of carbonyl (C=O) groups excluding carboxylic acids is 1. The van der Waals surface area contributed by atoms with Crippen molar-refractivity contribution in [3.05, 3.63) is 29.8 Å². The van der Waals surface area contributed by atoms with Crippen molar-refractivity contribution < 1.29 is 4.79 Å². The molecule has 2 aliphatic rings. The number of hydrogen-bond donors (Lipinski definition) is 3. The second kappa shape index (κ2) is 6.00. The third-order valence-electron chi connectivity index (χ3n) is 4.51. The van der Waals surface area contributed by atoms with Gasteiger partial charge in [0.05, 0.1) is 0 Å². The predicted molar refractivity (Wildman–Crippen MR) is 87.3 cm³/mol. The maximum absolute atomic E-state index is 11.3. The molecule has 0 spiro atoms. The molecule has 2 aliphatic heterocycles. The highest BCUT2D eigenvalue weighted by atomic mass is 16.1. The molecule has 2 saturated heterocycles. The van der Waals surface area contributed by atoms with Crippen LogP contribution >= 0.6 is 0 Å². The molecule has 2 fully saturated rings. The van der Waals surface area contributed by atoms with E-state index in [1.165, 1.54) is 5.56 Å². The highest BCUT2D eigenvalue weighted by molar-refractivity contribution is 5.79. The fourth-order valence-corrected chi connectivity index (χ4v) is 3.14. The van der Waals surface area contributed by atoms with Gasteiger partial charge in [-0.15, -0.1) is 5.10 Å². The van der Waals surface area contributed by atoms with E-state index in [1.807, 2.05) is 12.1 Å². The van der Waals surface area contributed by atoms with E-state index >= 15 is 0 Å². The zero-order chi connectivity index (χ0) is 15.6. The number of nitrogens with zero attached hydrogens (tertiary/aromatic N) is 3. The van der Waals surface area contributed by atoms with Gasteiger partial charge in [0.2, 0.25) is 11.9 Å². The van der Waals surface area contributed by atoms with Crippen molar-refractivity contribution in [3.8, 4) is 11.4 Å². The number of aromatic nitrogens is 3. The van der Waals surface area contributed by atoms with E-state index in [2.05, 4.69) is 42.8 Å². The van der Waals surface area contributed by atoms with E-state index in [0.29, 0.717) is 6.42 Å². The van der Waals surface area contributed by atoms with Crippen LogP contribution in [0.3, 0.4) is 0 Å². The van der Waals surface area contributed by atoms with Gasteiger partial charge in [-0.3, -0.25) is 9.89 Å². The minimum absolute atomic E-state index is 0.134. The van der Waals surface area contributed by atoms with Crippen LogP contribution in [0.2, 0.25) is 0 Å². The van der Waals surface area contributed by atoms with E-state index in [9.17, 15) is 4.79 Å². The van der Waals surface area contributed by atoms with Gasteiger partial charge in [-0.2, -0.15) is 4.98 Å². The molecule has 7 nitrogen and oxygen atoms in total. The number of aromatic amines is 1. The highest BCUT2D eigenvalue weighted by Gasteiger charge is 2.23. The van der Waals surface area contributed by atoms with Gasteiger partial charge in [0.1, 0.15) is 0 Å². The first-order valence-corrected chi connectivity index (χ1v) is 8.05. The largest absolute Gasteiger partial charge is 0.355 e. The summed E-state index contributed by atoms with van der Waals surface area (Å²) in [6, 6.07) is 8.24. The van der Waals surface area contributed by atoms with E-state index in [1.54, 1.807) is 0 Å². The second-order valence-electron chi connectivity index (χ2n) is 6.05. The van der Waals surface area contributed by atoms with Crippen LogP contribution in [0.15, 0.2) is 24.3 Å². The Labute approximate surface area is 134 Å². The smallest absolute Gasteiger partial charge is 0.245 e. The number of anilines is 1. The molecule has 3 heterocycles. The summed E-state index contributed by atoms with van der Waals surface area (Å²) >= 11 is 0. The van der Waals surface area contributed by atoms with Crippen LogP contribution in [-0.4, -0.2) is 53.8 Å². The van der Waals surface area contributed by atoms with Crippen molar-refractivity contribution in [2.45, 2.75) is 12.3 Å². The van der Waals surface area contributed by atoms with Gasteiger partial charge >= 0.3 is 0 Å². The first-order valence-electron chi connectivity index (χ1n) is 8.05. The average Bonchev–Trinajstić information content (AvgIpc) is 3.25. The molecule has 0 bridgehead atoms. The number of benzene rings is 1. The Morgan fingerprint density at radius 2 is 1.91 bits per heavy atom. The lowest BCUT2D eigenvalue weighted by Gasteiger charge is -2.25. The van der Waals surface area contributed by atoms with Crippen molar-refractivity contribution in [2.24, 2.45) is 0 Å². The van der Waals surface area contributed by atoms with Crippen molar-refractivity contribution in [3.63, 3.8) is 0 Å². The first kappa shape index (κ1) is 14.2. The van der Waals surface area contributed by atoms with Gasteiger partial charge in [-0.05, 0) is 5.56 Å². The van der Waals surface area contributed by atoms with Crippen molar-refractivity contribution >= 4 is 11.9 Å². The zero-order valence-corrected chi connectivity index (χ0v) is 12.9. The van der Waals surface area contributed by atoms with E-state index in [4.69, 9.17) is 0 Å². The maximum Gasteiger partial charge on any atom is 0.245 e. The van der Waals surface area contributed by atoms with Crippen LogP contribution in [-0.2, 0) is 4.79 Å². The number of nitrogens with one attached hydrogen (secondary N) is 3. The topological polar surface area (TPSA) is 85.9 Å². The van der Waals surface area contributed by atoms with Gasteiger partial charge in [-0.25, -0.2) is 0 Å². The summed E-state index contributed by atoms with van der Waals surface area (Å²) in [6.07, 6.45) is 0.578. The summed E-state index contributed by atoms with van der Waals surface area (Å²) in [5.74, 6) is 1.96. The van der Waals surface area contributed by atoms with Crippen LogP contribution in [0.4, 0.5) is 5.95 Å². The molecule has 1 amide bonds. The Balaban J connectivity index is 1.49. The van der Waals surface area contributed by atoms with Crippen LogP contribution < -0.4 is 15.5 Å². The van der Waals surface area contributed by atoms with Crippen LogP contribution in [0.1, 0.15) is 17.9 Å². The first-order chi connectivity index (χ1) is 11.3. The maximum atomic E-state index is 11.3. The minimum Gasteiger partial charge on any atom is -0.355 e. The molecule has 7 heteroatoms. The van der Waals surface area contributed by atoms with Crippen molar-refractivity contribution in [1.82, 2.24) is 25.8 Å². The second-order valence-corrected chi connectivity index (χ2v) is 6.05. The molecule has 4 rings (SSSR count). The molecular formula is C16H20N6O. The fourth-order valence-electron chi connectivity index (χ4n) is 3.14. The Bertz CT molecular complexity index is 689. The summed E-state index contributed by atoms with van der Waals surface area (Å²) in [5.41, 5.74) is 2.20. The number of carbonyl (C=O) groups is 1. The third kappa shape index (κ3) is 2.92. The molecule has 1 atom stereocenters. The molecule has 0 radical (unpaired) electrons. The molecule has 2 aromatic rings. The quantitative estimate of drug-likeness (QED) is 0.768. The molecule has 0 aliphatic carbocycles. The summed E-state index contributed by atoms with van der Waals surface area (Å²) in [4.78, 5) is 18.1.